The van der Waals surface area contributed by atoms with Crippen LogP contribution < -0.4 is 0 Å². The van der Waals surface area contributed by atoms with Gasteiger partial charge in [-0.05, 0) is 29.3 Å². The monoisotopic (exact) mass is 312 g/mol. The first-order valence-electron chi connectivity index (χ1n) is 7.76. The maximum Gasteiger partial charge on any atom is 0.123 e. The summed E-state index contributed by atoms with van der Waals surface area (Å²) in [5, 5.41) is 20.7. The summed E-state index contributed by atoms with van der Waals surface area (Å²) in [5.41, 5.74) is 3.09. The van der Waals surface area contributed by atoms with Gasteiger partial charge in [0.05, 0.1) is 13.2 Å². The average Bonchev–Trinajstić information content (AvgIpc) is 3.43. The van der Waals surface area contributed by atoms with Crippen LogP contribution in [0.25, 0.3) is 11.1 Å². The van der Waals surface area contributed by atoms with Crippen LogP contribution in [0.2, 0.25) is 0 Å². The molecule has 0 aromatic heterocycles. The Kier molecular flexibility index (Phi) is 2.74. The maximum absolute atomic E-state index is 10.4. The third-order valence-electron chi connectivity index (χ3n) is 4.73. The molecule has 23 heavy (non-hydrogen) atoms. The molecule has 2 aromatic carbocycles. The summed E-state index contributed by atoms with van der Waals surface area (Å²) >= 11 is 0. The topological polar surface area (TPSA) is 74.8 Å². The van der Waals surface area contributed by atoms with Crippen LogP contribution in [0.4, 0.5) is 0 Å². The number of phenolic OH excluding ortho intramolecular Hbond substituents is 2. The van der Waals surface area contributed by atoms with Crippen molar-refractivity contribution < 1.29 is 24.4 Å². The van der Waals surface area contributed by atoms with Crippen LogP contribution in [0.15, 0.2) is 36.4 Å². The van der Waals surface area contributed by atoms with Crippen molar-refractivity contribution in [1.29, 1.82) is 0 Å². The number of aromatic hydroxyl groups is 2. The van der Waals surface area contributed by atoms with Crippen molar-refractivity contribution in [2.24, 2.45) is 0 Å². The van der Waals surface area contributed by atoms with Gasteiger partial charge in [0.1, 0.15) is 35.9 Å². The third kappa shape index (κ3) is 2.12. The lowest BCUT2D eigenvalue weighted by Gasteiger charge is -2.13. The largest absolute Gasteiger partial charge is 0.507 e. The highest BCUT2D eigenvalue weighted by atomic mass is 16.6. The standard InChI is InChI=1S/C18H16O5/c19-12-5-4-9-6-11(12)16-10(2-1-3-13(16)20)18-15(23-18)8-21-7-14-17(9)22-14/h1-6,14-15,17-20H,7-8H2. The Morgan fingerprint density at radius 2 is 1.65 bits per heavy atom. The predicted molar refractivity (Wildman–Crippen MR) is 81.3 cm³/mol. The number of ether oxygens (including phenoxy) is 3. The number of fused-ring (bicyclic) bond motifs is 8. The summed E-state index contributed by atoms with van der Waals surface area (Å²) in [6, 6.07) is 10.7. The zero-order chi connectivity index (χ0) is 15.6. The number of hydrogen-bond acceptors (Lipinski definition) is 5. The van der Waals surface area contributed by atoms with Gasteiger partial charge in [0, 0.05) is 11.1 Å². The van der Waals surface area contributed by atoms with E-state index in [1.54, 1.807) is 18.2 Å². The molecule has 3 aliphatic rings. The van der Waals surface area contributed by atoms with E-state index in [0.29, 0.717) is 24.3 Å². The number of hydrogen-bond donors (Lipinski definition) is 2. The Labute approximate surface area is 133 Å². The lowest BCUT2D eigenvalue weighted by molar-refractivity contribution is 0.102. The quantitative estimate of drug-likeness (QED) is 0.732. The van der Waals surface area contributed by atoms with Gasteiger partial charge in [-0.25, -0.2) is 0 Å². The second-order valence-electron chi connectivity index (χ2n) is 6.25. The van der Waals surface area contributed by atoms with Crippen LogP contribution in [0.1, 0.15) is 23.3 Å². The van der Waals surface area contributed by atoms with E-state index in [1.807, 2.05) is 18.2 Å². The first-order chi connectivity index (χ1) is 11.2. The maximum atomic E-state index is 10.4. The molecule has 2 saturated heterocycles. The van der Waals surface area contributed by atoms with Gasteiger partial charge < -0.3 is 24.4 Å². The summed E-state index contributed by atoms with van der Waals surface area (Å²) in [6.45, 7) is 1.05. The summed E-state index contributed by atoms with van der Waals surface area (Å²) in [4.78, 5) is 0. The van der Waals surface area contributed by atoms with Crippen molar-refractivity contribution in [1.82, 2.24) is 0 Å². The zero-order valence-corrected chi connectivity index (χ0v) is 12.3. The summed E-state index contributed by atoms with van der Waals surface area (Å²) < 4.78 is 17.1. The fraction of sp³-hybridized carbons (Fsp3) is 0.333. The molecule has 118 valence electrons. The van der Waals surface area contributed by atoms with Gasteiger partial charge in [-0.3, -0.25) is 0 Å². The van der Waals surface area contributed by atoms with E-state index in [1.165, 1.54) is 0 Å². The Hall–Kier alpha value is -2.08. The molecule has 2 N–H and O–H groups in total. The van der Waals surface area contributed by atoms with E-state index in [0.717, 1.165) is 11.1 Å². The zero-order valence-electron chi connectivity index (χ0n) is 12.3. The smallest absolute Gasteiger partial charge is 0.123 e. The molecule has 0 amide bonds. The number of epoxide rings is 2. The third-order valence-corrected chi connectivity index (χ3v) is 4.73. The van der Waals surface area contributed by atoms with Crippen molar-refractivity contribution >= 4 is 0 Å². The van der Waals surface area contributed by atoms with Crippen LogP contribution in [0.5, 0.6) is 11.5 Å². The van der Waals surface area contributed by atoms with Gasteiger partial charge in [-0.2, -0.15) is 0 Å². The van der Waals surface area contributed by atoms with Crippen molar-refractivity contribution in [2.75, 3.05) is 13.2 Å². The first kappa shape index (κ1) is 13.4. The Morgan fingerprint density at radius 3 is 2.52 bits per heavy atom. The number of rotatable bonds is 0. The van der Waals surface area contributed by atoms with E-state index in [2.05, 4.69) is 0 Å². The van der Waals surface area contributed by atoms with Crippen molar-refractivity contribution in [3.05, 3.63) is 47.5 Å². The molecule has 3 heterocycles. The van der Waals surface area contributed by atoms with Gasteiger partial charge in [-0.15, -0.1) is 0 Å². The Morgan fingerprint density at radius 1 is 0.870 bits per heavy atom. The molecular weight excluding hydrogens is 296 g/mol. The van der Waals surface area contributed by atoms with E-state index < -0.39 is 0 Å². The highest BCUT2D eigenvalue weighted by Crippen LogP contribution is 2.50. The van der Waals surface area contributed by atoms with Crippen LogP contribution in [0.3, 0.4) is 0 Å². The van der Waals surface area contributed by atoms with Crippen LogP contribution in [0, 0.1) is 0 Å². The molecule has 2 aromatic rings. The van der Waals surface area contributed by atoms with Gasteiger partial charge in [0.25, 0.3) is 0 Å². The second kappa shape index (κ2) is 4.71. The van der Waals surface area contributed by atoms with Gasteiger partial charge in [0.15, 0.2) is 0 Å². The molecule has 0 saturated carbocycles. The molecular formula is C18H16O5. The Balaban J connectivity index is 1.71. The minimum Gasteiger partial charge on any atom is -0.507 e. The normalized spacial score (nSPS) is 31.0. The molecule has 5 nitrogen and oxygen atoms in total. The molecule has 2 fully saturated rings. The van der Waals surface area contributed by atoms with E-state index >= 15 is 0 Å². The first-order valence-corrected chi connectivity index (χ1v) is 7.76. The second-order valence-corrected chi connectivity index (χ2v) is 6.25. The average molecular weight is 312 g/mol. The Bertz CT molecular complexity index is 787. The van der Waals surface area contributed by atoms with Crippen LogP contribution >= 0.6 is 0 Å². The van der Waals surface area contributed by atoms with Gasteiger partial charge in [0.2, 0.25) is 0 Å². The molecule has 4 atom stereocenters. The lowest BCUT2D eigenvalue weighted by atomic mass is 9.93. The number of benzene rings is 2. The molecule has 0 aliphatic carbocycles. The summed E-state index contributed by atoms with van der Waals surface area (Å²) in [7, 11) is 0. The highest BCUT2D eigenvalue weighted by Gasteiger charge is 2.45. The molecule has 2 bridgehead atoms. The highest BCUT2D eigenvalue weighted by molar-refractivity contribution is 5.79. The lowest BCUT2D eigenvalue weighted by Crippen LogP contribution is -2.09. The summed E-state index contributed by atoms with van der Waals surface area (Å²) in [5.74, 6) is 0.273. The summed E-state index contributed by atoms with van der Waals surface area (Å²) in [6.07, 6.45) is -0.0973. The van der Waals surface area contributed by atoms with Crippen molar-refractivity contribution in [3.63, 3.8) is 0 Å². The van der Waals surface area contributed by atoms with Gasteiger partial charge in [-0.1, -0.05) is 18.2 Å². The van der Waals surface area contributed by atoms with E-state index in [4.69, 9.17) is 14.2 Å². The number of phenols is 2. The SMILES string of the molecule is Oc1ccc2cc1-c1c(O)cccc1C1OC1COCC1OC21. The van der Waals surface area contributed by atoms with Crippen LogP contribution in [-0.2, 0) is 14.2 Å². The van der Waals surface area contributed by atoms with Crippen molar-refractivity contribution in [3.8, 4) is 22.6 Å². The minimum absolute atomic E-state index is 0.0148. The van der Waals surface area contributed by atoms with E-state index in [9.17, 15) is 10.2 Å². The van der Waals surface area contributed by atoms with Crippen LogP contribution in [-0.4, -0.2) is 35.6 Å². The fourth-order valence-electron chi connectivity index (χ4n) is 3.43. The minimum atomic E-state index is -0.115. The predicted octanol–water partition coefficient (Wildman–Crippen LogP) is 2.67. The molecule has 0 radical (unpaired) electrons. The fourth-order valence-corrected chi connectivity index (χ4v) is 3.43. The molecule has 3 aliphatic heterocycles. The molecule has 5 heteroatoms. The molecule has 0 spiro atoms. The van der Waals surface area contributed by atoms with Crippen molar-refractivity contribution in [2.45, 2.75) is 24.4 Å². The van der Waals surface area contributed by atoms with E-state index in [-0.39, 0.29) is 35.9 Å². The molecule has 5 rings (SSSR count). The van der Waals surface area contributed by atoms with Gasteiger partial charge >= 0.3 is 0 Å². The molecule has 4 unspecified atom stereocenters.